The zero-order chi connectivity index (χ0) is 11.7. The first-order valence-electron chi connectivity index (χ1n) is 4.87. The lowest BCUT2D eigenvalue weighted by Gasteiger charge is -2.13. The van der Waals surface area contributed by atoms with E-state index in [1.165, 1.54) is 16.8 Å². The van der Waals surface area contributed by atoms with E-state index in [1.807, 2.05) is 0 Å². The monoisotopic (exact) mass is 228 g/mol. The van der Waals surface area contributed by atoms with Gasteiger partial charge in [-0.15, -0.1) is 0 Å². The Balaban J connectivity index is 2.27. The fourth-order valence-corrected chi connectivity index (χ4v) is 1.70. The molecule has 2 heterocycles. The van der Waals surface area contributed by atoms with Crippen molar-refractivity contribution in [3.05, 3.63) is 33.1 Å². The minimum Gasteiger partial charge on any atom is -0.394 e. The van der Waals surface area contributed by atoms with Crippen LogP contribution in [0.1, 0.15) is 12.6 Å². The summed E-state index contributed by atoms with van der Waals surface area (Å²) in [6.45, 7) is -0.310. The molecule has 1 fully saturated rings. The molecule has 1 aliphatic heterocycles. The van der Waals surface area contributed by atoms with Crippen LogP contribution in [-0.4, -0.2) is 38.6 Å². The number of hydrogen-bond acceptors (Lipinski definition) is 5. The topological polar surface area (TPSA) is 105 Å². The van der Waals surface area contributed by atoms with Crippen LogP contribution in [0.4, 0.5) is 0 Å². The number of rotatable bonds is 2. The van der Waals surface area contributed by atoms with Crippen molar-refractivity contribution >= 4 is 0 Å². The normalized spacial score (nSPS) is 29.5. The molecule has 7 heteroatoms. The summed E-state index contributed by atoms with van der Waals surface area (Å²) >= 11 is 0. The highest BCUT2D eigenvalue weighted by Crippen LogP contribution is 2.26. The van der Waals surface area contributed by atoms with Crippen LogP contribution in [-0.2, 0) is 4.74 Å². The highest BCUT2D eigenvalue weighted by Gasteiger charge is 2.34. The van der Waals surface area contributed by atoms with Crippen molar-refractivity contribution in [3.63, 3.8) is 0 Å². The van der Waals surface area contributed by atoms with E-state index in [4.69, 9.17) is 9.84 Å². The number of aliphatic hydroxyl groups excluding tert-OH is 2. The Labute approximate surface area is 89.9 Å². The third kappa shape index (κ3) is 1.92. The number of aromatic nitrogens is 2. The SMILES string of the molecule is O=c1ccn([C@H]2CC(O)[C@@H](CO)O2)c(=O)[nH]1. The molecule has 88 valence electrons. The van der Waals surface area contributed by atoms with Gasteiger partial charge < -0.3 is 14.9 Å². The van der Waals surface area contributed by atoms with Crippen LogP contribution in [0.5, 0.6) is 0 Å². The molecule has 7 nitrogen and oxygen atoms in total. The van der Waals surface area contributed by atoms with Gasteiger partial charge in [-0.25, -0.2) is 4.79 Å². The van der Waals surface area contributed by atoms with Gasteiger partial charge in [0, 0.05) is 18.7 Å². The van der Waals surface area contributed by atoms with Crippen molar-refractivity contribution in [2.75, 3.05) is 6.61 Å². The highest BCUT2D eigenvalue weighted by molar-refractivity contribution is 4.88. The molecule has 1 aromatic rings. The minimum absolute atomic E-state index is 0.206. The fourth-order valence-electron chi connectivity index (χ4n) is 1.70. The number of hydrogen-bond donors (Lipinski definition) is 3. The van der Waals surface area contributed by atoms with Gasteiger partial charge in [0.25, 0.3) is 5.56 Å². The predicted octanol–water partition coefficient (Wildman–Crippen LogP) is -1.82. The van der Waals surface area contributed by atoms with Gasteiger partial charge in [-0.05, 0) is 0 Å². The lowest BCUT2D eigenvalue weighted by molar-refractivity contribution is -0.0459. The number of ether oxygens (including phenoxy) is 1. The quantitative estimate of drug-likeness (QED) is 0.552. The third-order valence-electron chi connectivity index (χ3n) is 2.55. The summed E-state index contributed by atoms with van der Waals surface area (Å²) in [4.78, 5) is 24.3. The van der Waals surface area contributed by atoms with Crippen molar-refractivity contribution in [2.45, 2.75) is 24.9 Å². The van der Waals surface area contributed by atoms with Crippen LogP contribution in [0.2, 0.25) is 0 Å². The molecule has 3 atom stereocenters. The number of nitrogens with one attached hydrogen (secondary N) is 1. The van der Waals surface area contributed by atoms with E-state index in [9.17, 15) is 14.7 Å². The van der Waals surface area contributed by atoms with E-state index in [0.717, 1.165) is 0 Å². The molecule has 0 spiro atoms. The Morgan fingerprint density at radius 3 is 2.88 bits per heavy atom. The molecule has 16 heavy (non-hydrogen) atoms. The molecule has 0 saturated carbocycles. The van der Waals surface area contributed by atoms with Gasteiger partial charge in [0.05, 0.1) is 12.7 Å². The van der Waals surface area contributed by atoms with Crippen LogP contribution in [0, 0.1) is 0 Å². The van der Waals surface area contributed by atoms with Crippen LogP contribution in [0.25, 0.3) is 0 Å². The Kier molecular flexibility index (Phi) is 2.90. The van der Waals surface area contributed by atoms with Crippen LogP contribution in [0.3, 0.4) is 0 Å². The number of nitrogens with zero attached hydrogens (tertiary/aromatic N) is 1. The maximum Gasteiger partial charge on any atom is 0.330 e. The maximum atomic E-state index is 11.4. The average Bonchev–Trinajstić information content (AvgIpc) is 2.59. The Bertz CT molecular complexity index is 479. The van der Waals surface area contributed by atoms with Crippen molar-refractivity contribution in [1.29, 1.82) is 0 Å². The molecule has 0 aliphatic carbocycles. The van der Waals surface area contributed by atoms with Gasteiger partial charge in [0.15, 0.2) is 0 Å². The summed E-state index contributed by atoms with van der Waals surface area (Å²) in [6.07, 6.45) is -0.649. The van der Waals surface area contributed by atoms with E-state index in [2.05, 4.69) is 4.98 Å². The molecule has 1 saturated heterocycles. The highest BCUT2D eigenvalue weighted by atomic mass is 16.5. The lowest BCUT2D eigenvalue weighted by atomic mass is 10.2. The number of aliphatic hydroxyl groups is 2. The molecule has 1 aromatic heterocycles. The molecule has 0 bridgehead atoms. The predicted molar refractivity (Wildman–Crippen MR) is 52.9 cm³/mol. The summed E-state index contributed by atoms with van der Waals surface area (Å²) in [5, 5.41) is 18.4. The summed E-state index contributed by atoms with van der Waals surface area (Å²) in [7, 11) is 0. The molecule has 2 rings (SSSR count). The van der Waals surface area contributed by atoms with E-state index in [0.29, 0.717) is 0 Å². The third-order valence-corrected chi connectivity index (χ3v) is 2.55. The van der Waals surface area contributed by atoms with Crippen molar-refractivity contribution < 1.29 is 14.9 Å². The van der Waals surface area contributed by atoms with E-state index in [-0.39, 0.29) is 13.0 Å². The van der Waals surface area contributed by atoms with E-state index >= 15 is 0 Å². The molecule has 3 N–H and O–H groups in total. The van der Waals surface area contributed by atoms with E-state index in [1.54, 1.807) is 0 Å². The van der Waals surface area contributed by atoms with Gasteiger partial charge >= 0.3 is 5.69 Å². The second kappa shape index (κ2) is 4.20. The van der Waals surface area contributed by atoms with Crippen molar-refractivity contribution in [1.82, 2.24) is 9.55 Å². The number of H-pyrrole nitrogens is 1. The lowest BCUT2D eigenvalue weighted by Crippen LogP contribution is -2.31. The first kappa shape index (κ1) is 11.1. The fraction of sp³-hybridized carbons (Fsp3) is 0.556. The smallest absolute Gasteiger partial charge is 0.330 e. The van der Waals surface area contributed by atoms with Crippen molar-refractivity contribution in [2.24, 2.45) is 0 Å². The van der Waals surface area contributed by atoms with Crippen LogP contribution >= 0.6 is 0 Å². The van der Waals surface area contributed by atoms with Gasteiger partial charge in [-0.2, -0.15) is 0 Å². The summed E-state index contributed by atoms with van der Waals surface area (Å²) in [5.74, 6) is 0. The molecule has 1 unspecified atom stereocenters. The molecule has 0 aromatic carbocycles. The summed E-state index contributed by atoms with van der Waals surface area (Å²) in [5.41, 5.74) is -1.08. The van der Waals surface area contributed by atoms with Crippen LogP contribution < -0.4 is 11.2 Å². The summed E-state index contributed by atoms with van der Waals surface area (Å²) in [6, 6.07) is 1.20. The van der Waals surface area contributed by atoms with Gasteiger partial charge in [0.1, 0.15) is 12.3 Å². The summed E-state index contributed by atoms with van der Waals surface area (Å²) < 4.78 is 6.45. The Hall–Kier alpha value is -1.44. The van der Waals surface area contributed by atoms with E-state index < -0.39 is 29.7 Å². The van der Waals surface area contributed by atoms with Crippen LogP contribution in [0.15, 0.2) is 21.9 Å². The molecular formula is C9H12N2O5. The second-order valence-corrected chi connectivity index (χ2v) is 3.63. The Morgan fingerprint density at radius 1 is 1.56 bits per heavy atom. The second-order valence-electron chi connectivity index (χ2n) is 3.63. The standard InChI is InChI=1S/C9H12N2O5/c12-4-6-5(13)3-8(16-6)11-2-1-7(14)10-9(11)15/h1-2,5-6,8,12-13H,3-4H2,(H,10,14,15)/t5?,6-,8-/m1/s1. The first-order chi connectivity index (χ1) is 7.61. The Morgan fingerprint density at radius 2 is 2.31 bits per heavy atom. The maximum absolute atomic E-state index is 11.4. The largest absolute Gasteiger partial charge is 0.394 e. The van der Waals surface area contributed by atoms with Gasteiger partial charge in [-0.1, -0.05) is 0 Å². The zero-order valence-corrected chi connectivity index (χ0v) is 8.37. The number of aromatic amines is 1. The molecule has 0 radical (unpaired) electrons. The molecule has 0 amide bonds. The van der Waals surface area contributed by atoms with Gasteiger partial charge in [0.2, 0.25) is 0 Å². The molecule has 1 aliphatic rings. The minimum atomic E-state index is -0.811. The average molecular weight is 228 g/mol. The van der Waals surface area contributed by atoms with Gasteiger partial charge in [-0.3, -0.25) is 14.3 Å². The zero-order valence-electron chi connectivity index (χ0n) is 8.37. The molecular weight excluding hydrogens is 216 g/mol. The first-order valence-corrected chi connectivity index (χ1v) is 4.87. The van der Waals surface area contributed by atoms with Crippen molar-refractivity contribution in [3.8, 4) is 0 Å².